The van der Waals surface area contributed by atoms with E-state index in [4.69, 9.17) is 4.78 Å². The normalized spacial score (nSPS) is 16.4. The van der Waals surface area contributed by atoms with Gasteiger partial charge in [-0.1, -0.05) is 33.6 Å². The predicted molar refractivity (Wildman–Crippen MR) is 58.7 cm³/mol. The SMILES string of the molecule is CC(C)CCC(C)CCS(C)=N. The van der Waals surface area contributed by atoms with Gasteiger partial charge in [0.25, 0.3) is 0 Å². The summed E-state index contributed by atoms with van der Waals surface area (Å²) in [4.78, 5) is 0. The fourth-order valence-electron chi connectivity index (χ4n) is 1.14. The molecule has 2 atom stereocenters. The van der Waals surface area contributed by atoms with E-state index in [2.05, 4.69) is 20.8 Å². The van der Waals surface area contributed by atoms with Crippen molar-refractivity contribution in [2.45, 2.75) is 40.0 Å². The second kappa shape index (κ2) is 6.64. The van der Waals surface area contributed by atoms with Crippen LogP contribution in [0.2, 0.25) is 0 Å². The fourth-order valence-corrected chi connectivity index (χ4v) is 1.90. The number of rotatable bonds is 6. The zero-order valence-corrected chi connectivity index (χ0v) is 9.71. The molecule has 0 aliphatic rings. The van der Waals surface area contributed by atoms with Gasteiger partial charge < -0.3 is 0 Å². The molecule has 0 saturated carbocycles. The van der Waals surface area contributed by atoms with Gasteiger partial charge >= 0.3 is 0 Å². The van der Waals surface area contributed by atoms with E-state index in [1.54, 1.807) is 0 Å². The van der Waals surface area contributed by atoms with E-state index in [1.807, 2.05) is 6.26 Å². The molecule has 0 aromatic heterocycles. The molecule has 0 heterocycles. The summed E-state index contributed by atoms with van der Waals surface area (Å²) in [6.07, 6.45) is 5.94. The number of hydrogen-bond donors (Lipinski definition) is 1. The Morgan fingerprint density at radius 1 is 1.08 bits per heavy atom. The summed E-state index contributed by atoms with van der Waals surface area (Å²) in [5, 5.41) is 0. The van der Waals surface area contributed by atoms with E-state index in [-0.39, 0.29) is 10.7 Å². The van der Waals surface area contributed by atoms with Crippen molar-refractivity contribution < 1.29 is 0 Å². The predicted octanol–water partition coefficient (Wildman–Crippen LogP) is 3.46. The summed E-state index contributed by atoms with van der Waals surface area (Å²) in [5.74, 6) is 2.76. The Bertz CT molecular complexity index is 132. The molecule has 0 aromatic rings. The lowest BCUT2D eigenvalue weighted by Crippen LogP contribution is -2.03. The number of nitrogens with one attached hydrogen (secondary N) is 1. The van der Waals surface area contributed by atoms with Gasteiger partial charge in [-0.2, -0.15) is 0 Å². The van der Waals surface area contributed by atoms with E-state index in [9.17, 15) is 0 Å². The maximum atomic E-state index is 7.42. The van der Waals surface area contributed by atoms with Crippen molar-refractivity contribution in [3.8, 4) is 0 Å². The molecule has 1 nitrogen and oxygen atoms in total. The molecule has 0 aromatic carbocycles. The molecule has 0 amide bonds. The van der Waals surface area contributed by atoms with Crippen molar-refractivity contribution in [3.05, 3.63) is 0 Å². The van der Waals surface area contributed by atoms with E-state index < -0.39 is 0 Å². The quantitative estimate of drug-likeness (QED) is 0.661. The molecule has 0 spiro atoms. The molecule has 0 saturated heterocycles. The number of hydrogen-bond acceptors (Lipinski definition) is 1. The molecule has 2 heteroatoms. The van der Waals surface area contributed by atoms with Crippen LogP contribution in [0.15, 0.2) is 0 Å². The monoisotopic (exact) mass is 189 g/mol. The molecule has 1 N–H and O–H groups in total. The molecule has 2 unspecified atom stereocenters. The zero-order chi connectivity index (χ0) is 9.56. The maximum Gasteiger partial charge on any atom is 0.00383 e. The van der Waals surface area contributed by atoms with Crippen LogP contribution in [0.5, 0.6) is 0 Å². The van der Waals surface area contributed by atoms with Gasteiger partial charge in [0.2, 0.25) is 0 Å². The van der Waals surface area contributed by atoms with E-state index in [0.29, 0.717) is 0 Å². The molecule has 0 aliphatic carbocycles. The Hall–Kier alpha value is 0.150. The molecule has 12 heavy (non-hydrogen) atoms. The standard InChI is InChI=1S/C10H23NS/c1-9(2)5-6-10(3)7-8-12(4)11/h9-11H,5-8H2,1-4H3. The van der Waals surface area contributed by atoms with Crippen LogP contribution in [-0.2, 0) is 10.7 Å². The molecule has 0 rings (SSSR count). The van der Waals surface area contributed by atoms with Crippen LogP contribution in [0.4, 0.5) is 0 Å². The van der Waals surface area contributed by atoms with Gasteiger partial charge in [-0.15, -0.1) is 10.7 Å². The highest BCUT2D eigenvalue weighted by Crippen LogP contribution is 2.14. The van der Waals surface area contributed by atoms with Crippen LogP contribution in [0.3, 0.4) is 0 Å². The van der Waals surface area contributed by atoms with Gasteiger partial charge in [-0.05, 0) is 24.5 Å². The van der Waals surface area contributed by atoms with Crippen LogP contribution < -0.4 is 0 Å². The molecule has 0 aliphatic heterocycles. The Morgan fingerprint density at radius 2 is 1.67 bits per heavy atom. The maximum absolute atomic E-state index is 7.42. The Kier molecular flexibility index (Phi) is 6.73. The fraction of sp³-hybridized carbons (Fsp3) is 1.00. The smallest absolute Gasteiger partial charge is 0.00383 e. The lowest BCUT2D eigenvalue weighted by molar-refractivity contribution is 0.443. The highest BCUT2D eigenvalue weighted by molar-refractivity contribution is 7.85. The van der Waals surface area contributed by atoms with E-state index >= 15 is 0 Å². The average Bonchev–Trinajstić information content (AvgIpc) is 1.96. The third-order valence-electron chi connectivity index (χ3n) is 2.15. The minimum absolute atomic E-state index is 0.100. The zero-order valence-electron chi connectivity index (χ0n) is 8.89. The minimum atomic E-state index is -0.100. The lowest BCUT2D eigenvalue weighted by atomic mass is 9.98. The van der Waals surface area contributed by atoms with Crippen molar-refractivity contribution >= 4 is 10.7 Å². The largest absolute Gasteiger partial charge is 0.281 e. The molecule has 0 bridgehead atoms. The summed E-state index contributed by atoms with van der Waals surface area (Å²) < 4.78 is 7.42. The summed E-state index contributed by atoms with van der Waals surface area (Å²) >= 11 is 0. The van der Waals surface area contributed by atoms with E-state index in [1.165, 1.54) is 19.3 Å². The van der Waals surface area contributed by atoms with Crippen LogP contribution in [0.25, 0.3) is 0 Å². The third kappa shape index (κ3) is 8.25. The second-order valence-corrected chi connectivity index (χ2v) is 5.89. The third-order valence-corrected chi connectivity index (χ3v) is 3.00. The summed E-state index contributed by atoms with van der Waals surface area (Å²) in [6.45, 7) is 6.87. The van der Waals surface area contributed by atoms with Gasteiger partial charge in [0.15, 0.2) is 0 Å². The molecule has 0 fully saturated rings. The first kappa shape index (κ1) is 12.2. The summed E-state index contributed by atoms with van der Waals surface area (Å²) in [7, 11) is -0.100. The van der Waals surface area contributed by atoms with Crippen molar-refractivity contribution in [2.24, 2.45) is 11.8 Å². The highest BCUT2D eigenvalue weighted by atomic mass is 32.2. The average molecular weight is 189 g/mol. The molecular weight excluding hydrogens is 166 g/mol. The first-order chi connectivity index (χ1) is 5.52. The van der Waals surface area contributed by atoms with Crippen molar-refractivity contribution in [3.63, 3.8) is 0 Å². The van der Waals surface area contributed by atoms with Gasteiger partial charge in [0.1, 0.15) is 0 Å². The lowest BCUT2D eigenvalue weighted by Gasteiger charge is -2.12. The molecular formula is C10H23NS. The summed E-state index contributed by atoms with van der Waals surface area (Å²) in [6, 6.07) is 0. The molecule has 74 valence electrons. The minimum Gasteiger partial charge on any atom is -0.281 e. The first-order valence-corrected chi connectivity index (χ1v) is 6.66. The van der Waals surface area contributed by atoms with Crippen LogP contribution >= 0.6 is 0 Å². The van der Waals surface area contributed by atoms with E-state index in [0.717, 1.165) is 17.6 Å². The Morgan fingerprint density at radius 3 is 2.08 bits per heavy atom. The highest BCUT2D eigenvalue weighted by Gasteiger charge is 2.03. The van der Waals surface area contributed by atoms with Crippen molar-refractivity contribution in [1.82, 2.24) is 0 Å². The van der Waals surface area contributed by atoms with Crippen molar-refractivity contribution in [1.29, 1.82) is 4.78 Å². The topological polar surface area (TPSA) is 23.9 Å². The first-order valence-electron chi connectivity index (χ1n) is 4.86. The van der Waals surface area contributed by atoms with Gasteiger partial charge in [0.05, 0.1) is 0 Å². The van der Waals surface area contributed by atoms with Crippen LogP contribution in [0, 0.1) is 16.6 Å². The van der Waals surface area contributed by atoms with Gasteiger partial charge in [-0.25, -0.2) is 0 Å². The Balaban J connectivity index is 3.33. The van der Waals surface area contributed by atoms with Crippen LogP contribution in [-0.4, -0.2) is 12.0 Å². The van der Waals surface area contributed by atoms with Crippen LogP contribution in [0.1, 0.15) is 40.0 Å². The summed E-state index contributed by atoms with van der Waals surface area (Å²) in [5.41, 5.74) is 0. The van der Waals surface area contributed by atoms with Gasteiger partial charge in [-0.3, -0.25) is 4.78 Å². The Labute approximate surface area is 79.8 Å². The van der Waals surface area contributed by atoms with Gasteiger partial charge in [0, 0.05) is 5.75 Å². The second-order valence-electron chi connectivity index (χ2n) is 4.21. The van der Waals surface area contributed by atoms with Crippen molar-refractivity contribution in [2.75, 3.05) is 12.0 Å². The molecule has 0 radical (unpaired) electrons.